The first kappa shape index (κ1) is 22.0. The van der Waals surface area contributed by atoms with Gasteiger partial charge in [0.05, 0.1) is 18.3 Å². The van der Waals surface area contributed by atoms with Crippen LogP contribution in [-0.2, 0) is 6.42 Å². The molecule has 0 saturated heterocycles. The minimum absolute atomic E-state index is 0.0656. The first-order valence-electron chi connectivity index (χ1n) is 12.9. The van der Waals surface area contributed by atoms with Crippen molar-refractivity contribution in [3.05, 3.63) is 70.8 Å². The van der Waals surface area contributed by atoms with Gasteiger partial charge in [-0.05, 0) is 115 Å². The lowest BCUT2D eigenvalue weighted by molar-refractivity contribution is 0.0867. The van der Waals surface area contributed by atoms with Gasteiger partial charge in [0.15, 0.2) is 0 Å². The molecule has 2 saturated carbocycles. The second kappa shape index (κ2) is 8.30. The van der Waals surface area contributed by atoms with Crippen molar-refractivity contribution in [3.63, 3.8) is 0 Å². The second-order valence-electron chi connectivity index (χ2n) is 11.1. The molecule has 1 aromatic heterocycles. The molecule has 0 radical (unpaired) electrons. The summed E-state index contributed by atoms with van der Waals surface area (Å²) in [7, 11) is 0. The maximum atomic E-state index is 13.9. The van der Waals surface area contributed by atoms with Crippen LogP contribution in [0.15, 0.2) is 42.7 Å². The number of carbonyl (C=O) groups is 1. The SMILES string of the molecule is C[C@]12CC[C@@H]3c4ccc(C(=O)N[C@H]5CCC[C@@H]5O)cc4CC[C@H]3[C@@H]1CC=C2c1cncc(F)c1. The van der Waals surface area contributed by atoms with Gasteiger partial charge in [0.2, 0.25) is 0 Å². The average molecular weight is 461 g/mol. The molecule has 1 aromatic carbocycles. The molecule has 5 heteroatoms. The Labute approximate surface area is 200 Å². The monoisotopic (exact) mass is 460 g/mol. The van der Waals surface area contributed by atoms with Crippen LogP contribution in [0.2, 0.25) is 0 Å². The topological polar surface area (TPSA) is 62.2 Å². The fraction of sp³-hybridized carbons (Fsp3) is 0.517. The molecule has 2 aromatic rings. The van der Waals surface area contributed by atoms with Crippen LogP contribution in [0.4, 0.5) is 4.39 Å². The van der Waals surface area contributed by atoms with Gasteiger partial charge in [-0.1, -0.05) is 19.1 Å². The van der Waals surface area contributed by atoms with Crippen LogP contribution in [0.5, 0.6) is 0 Å². The second-order valence-corrected chi connectivity index (χ2v) is 11.1. The summed E-state index contributed by atoms with van der Waals surface area (Å²) in [4.78, 5) is 16.9. The molecule has 4 nitrogen and oxygen atoms in total. The molecule has 178 valence electrons. The van der Waals surface area contributed by atoms with Gasteiger partial charge >= 0.3 is 0 Å². The predicted molar refractivity (Wildman–Crippen MR) is 130 cm³/mol. The van der Waals surface area contributed by atoms with Crippen molar-refractivity contribution in [1.29, 1.82) is 0 Å². The highest BCUT2D eigenvalue weighted by Gasteiger charge is 2.52. The highest BCUT2D eigenvalue weighted by Crippen LogP contribution is 2.63. The summed E-state index contributed by atoms with van der Waals surface area (Å²) in [6, 6.07) is 7.76. The first-order valence-corrected chi connectivity index (χ1v) is 12.9. The molecule has 6 rings (SSSR count). The Bertz CT molecular complexity index is 1160. The first-order chi connectivity index (χ1) is 16.4. The molecular formula is C29H33FN2O2. The van der Waals surface area contributed by atoms with Gasteiger partial charge in [-0.3, -0.25) is 9.78 Å². The van der Waals surface area contributed by atoms with Crippen molar-refractivity contribution < 1.29 is 14.3 Å². The lowest BCUT2D eigenvalue weighted by Crippen LogP contribution is -2.41. The number of nitrogens with one attached hydrogen (secondary N) is 1. The lowest BCUT2D eigenvalue weighted by Gasteiger charge is -2.50. The van der Waals surface area contributed by atoms with E-state index in [1.165, 1.54) is 22.9 Å². The number of aliphatic hydroxyl groups is 1. The van der Waals surface area contributed by atoms with Crippen molar-refractivity contribution in [2.75, 3.05) is 0 Å². The number of fused-ring (bicyclic) bond motifs is 5. The van der Waals surface area contributed by atoms with E-state index in [0.29, 0.717) is 23.3 Å². The molecule has 0 aliphatic heterocycles. The molecule has 0 spiro atoms. The van der Waals surface area contributed by atoms with E-state index in [4.69, 9.17) is 0 Å². The van der Waals surface area contributed by atoms with Gasteiger partial charge in [-0.15, -0.1) is 0 Å². The van der Waals surface area contributed by atoms with Crippen LogP contribution in [0.25, 0.3) is 5.57 Å². The molecule has 34 heavy (non-hydrogen) atoms. The number of hydrogen-bond donors (Lipinski definition) is 2. The quantitative estimate of drug-likeness (QED) is 0.644. The number of benzene rings is 1. The normalized spacial score (nSPS) is 34.1. The molecule has 2 fully saturated rings. The molecule has 0 bridgehead atoms. The third-order valence-electron chi connectivity index (χ3n) is 9.38. The van der Waals surface area contributed by atoms with Gasteiger partial charge in [0.25, 0.3) is 5.91 Å². The largest absolute Gasteiger partial charge is 0.391 e. The number of aromatic nitrogens is 1. The number of allylic oxidation sites excluding steroid dienone is 2. The zero-order chi connectivity index (χ0) is 23.4. The van der Waals surface area contributed by atoms with Gasteiger partial charge in [-0.2, -0.15) is 0 Å². The zero-order valence-corrected chi connectivity index (χ0v) is 19.8. The fourth-order valence-electron chi connectivity index (χ4n) is 7.66. The smallest absolute Gasteiger partial charge is 0.251 e. The highest BCUT2D eigenvalue weighted by atomic mass is 19.1. The van der Waals surface area contributed by atoms with E-state index in [9.17, 15) is 14.3 Å². The fourth-order valence-corrected chi connectivity index (χ4v) is 7.66. The average Bonchev–Trinajstić information content (AvgIpc) is 3.40. The third kappa shape index (κ3) is 3.51. The van der Waals surface area contributed by atoms with Crippen molar-refractivity contribution in [3.8, 4) is 0 Å². The number of hydrogen-bond acceptors (Lipinski definition) is 3. The Morgan fingerprint density at radius 3 is 2.85 bits per heavy atom. The number of aryl methyl sites for hydroxylation is 1. The molecule has 0 unspecified atom stereocenters. The van der Waals surface area contributed by atoms with Crippen LogP contribution >= 0.6 is 0 Å². The summed E-state index contributed by atoms with van der Waals surface area (Å²) < 4.78 is 13.9. The lowest BCUT2D eigenvalue weighted by atomic mass is 9.54. The minimum atomic E-state index is -0.424. The molecule has 6 atom stereocenters. The summed E-state index contributed by atoms with van der Waals surface area (Å²) >= 11 is 0. The predicted octanol–water partition coefficient (Wildman–Crippen LogP) is 5.41. The number of aliphatic hydroxyl groups excluding tert-OH is 1. The van der Waals surface area contributed by atoms with Gasteiger partial charge < -0.3 is 10.4 Å². The van der Waals surface area contributed by atoms with Crippen LogP contribution in [0, 0.1) is 23.1 Å². The maximum Gasteiger partial charge on any atom is 0.251 e. The molecule has 4 aliphatic carbocycles. The van der Waals surface area contributed by atoms with Crippen LogP contribution in [-0.4, -0.2) is 28.1 Å². The Balaban J connectivity index is 1.22. The van der Waals surface area contributed by atoms with E-state index in [1.54, 1.807) is 6.07 Å². The Kier molecular flexibility index (Phi) is 5.36. The maximum absolute atomic E-state index is 13.9. The third-order valence-corrected chi connectivity index (χ3v) is 9.38. The summed E-state index contributed by atoms with van der Waals surface area (Å²) in [5.74, 6) is 1.35. The Morgan fingerprint density at radius 2 is 2.06 bits per heavy atom. The standard InChI is InChI=1S/C29H33FN2O2/c1-29-12-11-22-21-7-6-18(28(34)32-26-3-2-4-27(26)33)13-17(21)5-8-23(22)25(29)10-9-24(29)19-14-20(30)16-31-15-19/h6-7,9,13-16,22-23,25-27,33H,2-5,8,10-12H2,1H3,(H,32,34)/t22-,23-,25+,26+,27+,29-/m1/s1. The molecule has 2 N–H and O–H groups in total. The van der Waals surface area contributed by atoms with E-state index < -0.39 is 6.10 Å². The van der Waals surface area contributed by atoms with E-state index in [1.807, 2.05) is 12.3 Å². The van der Waals surface area contributed by atoms with E-state index in [2.05, 4.69) is 35.4 Å². The number of pyridine rings is 1. The number of amides is 1. The van der Waals surface area contributed by atoms with Gasteiger partial charge in [0.1, 0.15) is 5.82 Å². The van der Waals surface area contributed by atoms with Crippen molar-refractivity contribution in [2.45, 2.75) is 76.4 Å². The number of carbonyl (C=O) groups excluding carboxylic acids is 1. The van der Waals surface area contributed by atoms with E-state index in [-0.39, 0.29) is 23.2 Å². The van der Waals surface area contributed by atoms with Crippen LogP contribution in [0.3, 0.4) is 0 Å². The number of rotatable bonds is 3. The van der Waals surface area contributed by atoms with Crippen molar-refractivity contribution >= 4 is 11.5 Å². The van der Waals surface area contributed by atoms with Crippen molar-refractivity contribution in [1.82, 2.24) is 10.3 Å². The molecule has 4 aliphatic rings. The highest BCUT2D eigenvalue weighted by molar-refractivity contribution is 5.94. The van der Waals surface area contributed by atoms with Gasteiger partial charge in [0, 0.05) is 11.8 Å². The van der Waals surface area contributed by atoms with E-state index in [0.717, 1.165) is 56.9 Å². The summed E-state index contributed by atoms with van der Waals surface area (Å²) in [6.07, 6.45) is 13.0. The van der Waals surface area contributed by atoms with Crippen molar-refractivity contribution in [2.24, 2.45) is 17.3 Å². The summed E-state index contributed by atoms with van der Waals surface area (Å²) in [6.45, 7) is 2.37. The zero-order valence-electron chi connectivity index (χ0n) is 19.8. The summed E-state index contributed by atoms with van der Waals surface area (Å²) in [5, 5.41) is 13.1. The van der Waals surface area contributed by atoms with Gasteiger partial charge in [-0.25, -0.2) is 4.39 Å². The van der Waals surface area contributed by atoms with Crippen LogP contribution < -0.4 is 5.32 Å². The number of halogens is 1. The summed E-state index contributed by atoms with van der Waals surface area (Å²) in [5.41, 5.74) is 5.70. The minimum Gasteiger partial charge on any atom is -0.391 e. The molecule has 1 amide bonds. The molecule has 1 heterocycles. The number of nitrogens with zero attached hydrogens (tertiary/aromatic N) is 1. The van der Waals surface area contributed by atoms with Crippen LogP contribution in [0.1, 0.15) is 84.8 Å². The van der Waals surface area contributed by atoms with E-state index >= 15 is 0 Å². The Hall–Kier alpha value is -2.53. The Morgan fingerprint density at radius 1 is 1.18 bits per heavy atom. The molecular weight excluding hydrogens is 427 g/mol.